The number of hydrogen-bond acceptors (Lipinski definition) is 4. The Labute approximate surface area is 84.1 Å². The van der Waals surface area contributed by atoms with E-state index in [2.05, 4.69) is 0 Å². The second kappa shape index (κ2) is 3.17. The molecule has 2 rings (SSSR count). The summed E-state index contributed by atoms with van der Waals surface area (Å²) in [5.74, 6) is -0.613. The summed E-state index contributed by atoms with van der Waals surface area (Å²) in [6, 6.07) is 0. The maximum Gasteiger partial charge on any atom is 0.164 e. The Morgan fingerprint density at radius 3 is 2.21 bits per heavy atom. The molecule has 2 heterocycles. The minimum absolute atomic E-state index is 0.0276. The van der Waals surface area contributed by atoms with Crippen LogP contribution in [-0.2, 0) is 14.2 Å². The molecule has 82 valence electrons. The third-order valence-corrected chi connectivity index (χ3v) is 2.87. The summed E-state index contributed by atoms with van der Waals surface area (Å²) in [5, 5.41) is 9.87. The lowest BCUT2D eigenvalue weighted by atomic mass is 9.97. The highest BCUT2D eigenvalue weighted by molar-refractivity contribution is 4.95. The molecule has 2 aliphatic rings. The van der Waals surface area contributed by atoms with Crippen molar-refractivity contribution in [1.29, 1.82) is 0 Å². The van der Waals surface area contributed by atoms with Crippen molar-refractivity contribution in [2.75, 3.05) is 0 Å². The first-order valence-electron chi connectivity index (χ1n) is 5.10. The zero-order valence-corrected chi connectivity index (χ0v) is 9.06. The van der Waals surface area contributed by atoms with Gasteiger partial charge in [-0.3, -0.25) is 0 Å². The molecular formula is C10H18O4. The van der Waals surface area contributed by atoms with Crippen molar-refractivity contribution in [3.8, 4) is 0 Å². The standard InChI is InChI=1S/C10H18O4/c1-5-7(11)9-8(6(2)12-5)13-10(3,4)14-9/h5-9,11H,1-4H3/t5?,6?,7?,8-,9?/m1/s1. The van der Waals surface area contributed by atoms with Gasteiger partial charge in [0, 0.05) is 0 Å². The normalized spacial score (nSPS) is 51.6. The van der Waals surface area contributed by atoms with Crippen LogP contribution in [0.2, 0.25) is 0 Å². The molecule has 0 bridgehead atoms. The van der Waals surface area contributed by atoms with Crippen LogP contribution in [0.3, 0.4) is 0 Å². The van der Waals surface area contributed by atoms with Crippen LogP contribution < -0.4 is 0 Å². The highest BCUT2D eigenvalue weighted by Crippen LogP contribution is 2.36. The Morgan fingerprint density at radius 1 is 1.00 bits per heavy atom. The Morgan fingerprint density at radius 2 is 1.57 bits per heavy atom. The first kappa shape index (κ1) is 10.4. The molecule has 4 heteroatoms. The van der Waals surface area contributed by atoms with Gasteiger partial charge in [0.2, 0.25) is 0 Å². The summed E-state index contributed by atoms with van der Waals surface area (Å²) in [6.45, 7) is 7.52. The molecule has 0 radical (unpaired) electrons. The molecule has 14 heavy (non-hydrogen) atoms. The number of aliphatic hydroxyl groups excluding tert-OH is 1. The smallest absolute Gasteiger partial charge is 0.164 e. The minimum atomic E-state index is -0.613. The summed E-state index contributed by atoms with van der Waals surface area (Å²) in [5.41, 5.74) is 0. The molecule has 2 aliphatic heterocycles. The highest BCUT2D eigenvalue weighted by atomic mass is 16.8. The van der Waals surface area contributed by atoms with Gasteiger partial charge < -0.3 is 19.3 Å². The van der Waals surface area contributed by atoms with E-state index in [1.165, 1.54) is 0 Å². The number of ether oxygens (including phenoxy) is 3. The molecule has 1 N–H and O–H groups in total. The largest absolute Gasteiger partial charge is 0.388 e. The van der Waals surface area contributed by atoms with Crippen LogP contribution >= 0.6 is 0 Å². The van der Waals surface area contributed by atoms with Crippen molar-refractivity contribution in [1.82, 2.24) is 0 Å². The Balaban J connectivity index is 2.18. The van der Waals surface area contributed by atoms with Crippen molar-refractivity contribution in [2.45, 2.75) is 64.0 Å². The Kier molecular flexibility index (Phi) is 2.34. The minimum Gasteiger partial charge on any atom is -0.388 e. The van der Waals surface area contributed by atoms with Gasteiger partial charge in [0.15, 0.2) is 5.79 Å². The number of hydrogen-bond donors (Lipinski definition) is 1. The van der Waals surface area contributed by atoms with Crippen molar-refractivity contribution < 1.29 is 19.3 Å². The van der Waals surface area contributed by atoms with E-state index in [1.807, 2.05) is 27.7 Å². The quantitative estimate of drug-likeness (QED) is 0.627. The lowest BCUT2D eigenvalue weighted by Crippen LogP contribution is -2.54. The van der Waals surface area contributed by atoms with Crippen molar-refractivity contribution >= 4 is 0 Å². The topological polar surface area (TPSA) is 47.9 Å². The van der Waals surface area contributed by atoms with Crippen LogP contribution in [0.5, 0.6) is 0 Å². The molecule has 0 aromatic heterocycles. The first-order valence-corrected chi connectivity index (χ1v) is 5.10. The van der Waals surface area contributed by atoms with Gasteiger partial charge in [-0.05, 0) is 27.7 Å². The maximum absolute atomic E-state index is 9.87. The van der Waals surface area contributed by atoms with Crippen molar-refractivity contribution in [3.63, 3.8) is 0 Å². The molecule has 0 saturated carbocycles. The molecule has 0 aliphatic carbocycles. The highest BCUT2D eigenvalue weighted by Gasteiger charge is 2.52. The van der Waals surface area contributed by atoms with E-state index in [0.29, 0.717) is 0 Å². The summed E-state index contributed by atoms with van der Waals surface area (Å²) in [6.07, 6.45) is -1.23. The predicted octanol–water partition coefficient (Wildman–Crippen LogP) is 0.675. The molecule has 0 aromatic rings. The first-order chi connectivity index (χ1) is 6.41. The van der Waals surface area contributed by atoms with Crippen molar-refractivity contribution in [2.24, 2.45) is 0 Å². The van der Waals surface area contributed by atoms with E-state index >= 15 is 0 Å². The van der Waals surface area contributed by atoms with Crippen LogP contribution in [-0.4, -0.2) is 41.4 Å². The van der Waals surface area contributed by atoms with Crippen LogP contribution in [0.15, 0.2) is 0 Å². The second-order valence-electron chi connectivity index (χ2n) is 4.60. The lowest BCUT2D eigenvalue weighted by molar-refractivity contribution is -0.175. The summed E-state index contributed by atoms with van der Waals surface area (Å²) in [4.78, 5) is 0. The molecule has 2 saturated heterocycles. The molecule has 0 spiro atoms. The molecule has 5 atom stereocenters. The molecule has 0 amide bonds. The average molecular weight is 202 g/mol. The van der Waals surface area contributed by atoms with Gasteiger partial charge in [0.1, 0.15) is 18.3 Å². The summed E-state index contributed by atoms with van der Waals surface area (Å²) in [7, 11) is 0. The van der Waals surface area contributed by atoms with Crippen LogP contribution in [0.1, 0.15) is 27.7 Å². The lowest BCUT2D eigenvalue weighted by Gasteiger charge is -2.37. The van der Waals surface area contributed by atoms with Gasteiger partial charge >= 0.3 is 0 Å². The molecule has 4 unspecified atom stereocenters. The zero-order chi connectivity index (χ0) is 10.5. The second-order valence-corrected chi connectivity index (χ2v) is 4.60. The van der Waals surface area contributed by atoms with E-state index < -0.39 is 11.9 Å². The third kappa shape index (κ3) is 1.56. The maximum atomic E-state index is 9.87. The predicted molar refractivity (Wildman–Crippen MR) is 49.8 cm³/mol. The fraction of sp³-hybridized carbons (Fsp3) is 1.00. The Hall–Kier alpha value is -0.160. The summed E-state index contributed by atoms with van der Waals surface area (Å²) < 4.78 is 16.9. The number of fused-ring (bicyclic) bond motifs is 1. The fourth-order valence-corrected chi connectivity index (χ4v) is 2.21. The van der Waals surface area contributed by atoms with Crippen LogP contribution in [0.25, 0.3) is 0 Å². The molecule has 4 nitrogen and oxygen atoms in total. The zero-order valence-electron chi connectivity index (χ0n) is 9.06. The monoisotopic (exact) mass is 202 g/mol. The van der Waals surface area contributed by atoms with Gasteiger partial charge in [-0.15, -0.1) is 0 Å². The van der Waals surface area contributed by atoms with E-state index in [9.17, 15) is 5.11 Å². The van der Waals surface area contributed by atoms with E-state index in [0.717, 1.165) is 0 Å². The Bertz CT molecular complexity index is 228. The van der Waals surface area contributed by atoms with Gasteiger partial charge in [0.25, 0.3) is 0 Å². The number of aliphatic hydroxyl groups is 1. The van der Waals surface area contributed by atoms with E-state index in [1.54, 1.807) is 0 Å². The van der Waals surface area contributed by atoms with Gasteiger partial charge in [0.05, 0.1) is 12.2 Å². The summed E-state index contributed by atoms with van der Waals surface area (Å²) >= 11 is 0. The van der Waals surface area contributed by atoms with E-state index in [-0.39, 0.29) is 24.4 Å². The third-order valence-electron chi connectivity index (χ3n) is 2.87. The van der Waals surface area contributed by atoms with Gasteiger partial charge in [-0.1, -0.05) is 0 Å². The van der Waals surface area contributed by atoms with E-state index in [4.69, 9.17) is 14.2 Å². The van der Waals surface area contributed by atoms with Crippen molar-refractivity contribution in [3.05, 3.63) is 0 Å². The van der Waals surface area contributed by atoms with Gasteiger partial charge in [-0.25, -0.2) is 0 Å². The molecular weight excluding hydrogens is 184 g/mol. The fourth-order valence-electron chi connectivity index (χ4n) is 2.21. The van der Waals surface area contributed by atoms with Gasteiger partial charge in [-0.2, -0.15) is 0 Å². The SMILES string of the molecule is CC1OC(C)[C@H]2OC(C)(C)OC2C1O. The molecule has 2 fully saturated rings. The van der Waals surface area contributed by atoms with Crippen LogP contribution in [0.4, 0.5) is 0 Å². The van der Waals surface area contributed by atoms with Crippen LogP contribution in [0, 0.1) is 0 Å². The number of rotatable bonds is 0. The molecule has 0 aromatic carbocycles. The average Bonchev–Trinajstić information content (AvgIpc) is 2.38.